The molecule has 1 atom stereocenters. The lowest BCUT2D eigenvalue weighted by molar-refractivity contribution is -0.131. The van der Waals surface area contributed by atoms with Crippen LogP contribution in [-0.4, -0.2) is 35.4 Å². The van der Waals surface area contributed by atoms with Gasteiger partial charge in [-0.05, 0) is 42.0 Å². The topological polar surface area (TPSA) is 45.2 Å². The molecular formula is C25H25N3OS2. The molecule has 1 amide bonds. The van der Waals surface area contributed by atoms with E-state index in [0.29, 0.717) is 12.5 Å². The number of benzene rings is 2. The number of likely N-dealkylation sites (tertiary alicyclic amines) is 1. The smallest absolute Gasteiger partial charge is 0.236 e. The Morgan fingerprint density at radius 1 is 1.03 bits per heavy atom. The van der Waals surface area contributed by atoms with Gasteiger partial charge in [-0.15, -0.1) is 22.7 Å². The number of carbonyl (C=O) groups excluding carboxylic acids is 1. The first-order chi connectivity index (χ1) is 15.3. The van der Waals surface area contributed by atoms with Gasteiger partial charge in [0.05, 0.1) is 27.8 Å². The van der Waals surface area contributed by atoms with Gasteiger partial charge in [0.2, 0.25) is 5.91 Å². The van der Waals surface area contributed by atoms with E-state index in [2.05, 4.69) is 53.2 Å². The number of thiazole rings is 1. The van der Waals surface area contributed by atoms with E-state index in [9.17, 15) is 4.79 Å². The minimum Gasteiger partial charge on any atom is -0.342 e. The van der Waals surface area contributed by atoms with Crippen LogP contribution in [0.15, 0.2) is 72.1 Å². The number of aromatic nitrogens is 1. The second kappa shape index (κ2) is 9.30. The molecule has 2 aromatic heterocycles. The fourth-order valence-electron chi connectivity index (χ4n) is 4.23. The summed E-state index contributed by atoms with van der Waals surface area (Å²) in [5, 5.41) is 6.81. The molecule has 4 aromatic rings. The van der Waals surface area contributed by atoms with Crippen LogP contribution in [0.1, 0.15) is 40.2 Å². The van der Waals surface area contributed by atoms with Crippen molar-refractivity contribution in [3.63, 3.8) is 0 Å². The number of nitrogens with zero attached hydrogens (tertiary/aromatic N) is 2. The molecule has 0 radical (unpaired) electrons. The maximum atomic E-state index is 12.9. The Kier molecular flexibility index (Phi) is 6.11. The van der Waals surface area contributed by atoms with Crippen LogP contribution in [-0.2, 0) is 4.79 Å². The summed E-state index contributed by atoms with van der Waals surface area (Å²) < 4.78 is 1.25. The zero-order chi connectivity index (χ0) is 21.0. The number of hydrogen-bond donors (Lipinski definition) is 1. The van der Waals surface area contributed by atoms with E-state index in [4.69, 9.17) is 4.98 Å². The van der Waals surface area contributed by atoms with Gasteiger partial charge in [0.1, 0.15) is 0 Å². The molecule has 2 aromatic carbocycles. The van der Waals surface area contributed by atoms with Crippen molar-refractivity contribution in [2.45, 2.75) is 24.8 Å². The number of amides is 1. The number of thiophene rings is 1. The van der Waals surface area contributed by atoms with Crippen molar-refractivity contribution in [1.82, 2.24) is 15.2 Å². The van der Waals surface area contributed by atoms with Gasteiger partial charge in [-0.1, -0.05) is 48.5 Å². The molecule has 1 saturated heterocycles. The lowest BCUT2D eigenvalue weighted by Gasteiger charge is -2.31. The third-order valence-corrected chi connectivity index (χ3v) is 8.06. The summed E-state index contributed by atoms with van der Waals surface area (Å²) in [5.74, 6) is 0.637. The number of para-hydroxylation sites is 1. The van der Waals surface area contributed by atoms with Crippen molar-refractivity contribution in [2.24, 2.45) is 0 Å². The van der Waals surface area contributed by atoms with E-state index in [1.807, 2.05) is 29.2 Å². The fourth-order valence-corrected chi connectivity index (χ4v) is 6.19. The van der Waals surface area contributed by atoms with Gasteiger partial charge < -0.3 is 4.90 Å². The lowest BCUT2D eigenvalue weighted by atomic mass is 9.97. The molecule has 0 unspecified atom stereocenters. The first-order valence-corrected chi connectivity index (χ1v) is 12.4. The zero-order valence-electron chi connectivity index (χ0n) is 17.2. The van der Waals surface area contributed by atoms with E-state index in [-0.39, 0.29) is 11.9 Å². The number of piperidine rings is 1. The first-order valence-electron chi connectivity index (χ1n) is 10.7. The van der Waals surface area contributed by atoms with Gasteiger partial charge in [0.15, 0.2) is 0 Å². The van der Waals surface area contributed by atoms with Gasteiger partial charge in [-0.3, -0.25) is 10.1 Å². The molecule has 0 saturated carbocycles. The highest BCUT2D eigenvalue weighted by Crippen LogP contribution is 2.34. The minimum atomic E-state index is 0.0467. The predicted octanol–water partition coefficient (Wildman–Crippen LogP) is 5.44. The predicted molar refractivity (Wildman–Crippen MR) is 129 cm³/mol. The van der Waals surface area contributed by atoms with Crippen molar-refractivity contribution in [2.75, 3.05) is 19.6 Å². The molecule has 31 heavy (non-hydrogen) atoms. The van der Waals surface area contributed by atoms with Crippen LogP contribution in [0.2, 0.25) is 0 Å². The van der Waals surface area contributed by atoms with Gasteiger partial charge >= 0.3 is 0 Å². The molecule has 1 N–H and O–H groups in total. The van der Waals surface area contributed by atoms with Crippen molar-refractivity contribution in [3.05, 3.63) is 87.6 Å². The molecule has 0 aliphatic carbocycles. The number of hydrogen-bond acceptors (Lipinski definition) is 5. The minimum absolute atomic E-state index is 0.0467. The monoisotopic (exact) mass is 447 g/mol. The van der Waals surface area contributed by atoms with Crippen LogP contribution in [0, 0.1) is 0 Å². The molecule has 1 fully saturated rings. The van der Waals surface area contributed by atoms with Gasteiger partial charge in [0, 0.05) is 23.9 Å². The molecule has 0 bridgehead atoms. The average Bonchev–Trinajstić information content (AvgIpc) is 3.50. The number of rotatable bonds is 6. The van der Waals surface area contributed by atoms with Gasteiger partial charge in [0.25, 0.3) is 0 Å². The largest absolute Gasteiger partial charge is 0.342 e. The molecular weight excluding hydrogens is 422 g/mol. The molecule has 1 aliphatic heterocycles. The summed E-state index contributed by atoms with van der Waals surface area (Å²) in [6.07, 6.45) is 1.97. The standard InChI is InChI=1S/C25H25N3OS2/c29-23(17-26-24(22-11-6-16-30-22)18-7-2-1-3-8-18)28-14-12-19(13-15-28)25-27-20-9-4-5-10-21(20)31-25/h1-11,16,19,24,26H,12-15,17H2/t24-/m1/s1. The van der Waals surface area contributed by atoms with Crippen LogP contribution in [0.25, 0.3) is 10.2 Å². The Morgan fingerprint density at radius 3 is 2.55 bits per heavy atom. The summed E-state index contributed by atoms with van der Waals surface area (Å²) in [7, 11) is 0. The number of carbonyl (C=O) groups is 1. The van der Waals surface area contributed by atoms with Crippen molar-refractivity contribution < 1.29 is 4.79 Å². The van der Waals surface area contributed by atoms with Crippen LogP contribution in [0.3, 0.4) is 0 Å². The summed E-state index contributed by atoms with van der Waals surface area (Å²) in [5.41, 5.74) is 2.28. The fraction of sp³-hybridized carbons (Fsp3) is 0.280. The van der Waals surface area contributed by atoms with Crippen LogP contribution in [0.4, 0.5) is 0 Å². The van der Waals surface area contributed by atoms with Gasteiger partial charge in [-0.25, -0.2) is 4.98 Å². The molecule has 5 rings (SSSR count). The normalized spacial score (nSPS) is 15.9. The Morgan fingerprint density at radius 2 is 1.81 bits per heavy atom. The Bertz CT molecular complexity index is 1100. The van der Waals surface area contributed by atoms with E-state index >= 15 is 0 Å². The lowest BCUT2D eigenvalue weighted by Crippen LogP contribution is -2.43. The molecule has 6 heteroatoms. The Labute approximate surface area is 190 Å². The quantitative estimate of drug-likeness (QED) is 0.428. The average molecular weight is 448 g/mol. The van der Waals surface area contributed by atoms with Gasteiger partial charge in [-0.2, -0.15) is 0 Å². The van der Waals surface area contributed by atoms with Crippen molar-refractivity contribution >= 4 is 38.8 Å². The maximum absolute atomic E-state index is 12.9. The van der Waals surface area contributed by atoms with E-state index < -0.39 is 0 Å². The van der Waals surface area contributed by atoms with E-state index in [1.165, 1.54) is 20.1 Å². The number of nitrogens with one attached hydrogen (secondary N) is 1. The third kappa shape index (κ3) is 4.56. The van der Waals surface area contributed by atoms with Crippen molar-refractivity contribution in [1.29, 1.82) is 0 Å². The van der Waals surface area contributed by atoms with Crippen LogP contribution >= 0.6 is 22.7 Å². The van der Waals surface area contributed by atoms with Crippen molar-refractivity contribution in [3.8, 4) is 0 Å². The molecule has 4 nitrogen and oxygen atoms in total. The van der Waals surface area contributed by atoms with Crippen LogP contribution < -0.4 is 5.32 Å². The molecule has 158 valence electrons. The second-order valence-corrected chi connectivity index (χ2v) is 9.96. The number of fused-ring (bicyclic) bond motifs is 1. The summed E-state index contributed by atoms with van der Waals surface area (Å²) in [6.45, 7) is 1.95. The highest BCUT2D eigenvalue weighted by molar-refractivity contribution is 7.18. The zero-order valence-corrected chi connectivity index (χ0v) is 18.9. The third-order valence-electron chi connectivity index (χ3n) is 5.93. The first kappa shape index (κ1) is 20.4. The molecule has 3 heterocycles. The Hall–Kier alpha value is -2.54. The highest BCUT2D eigenvalue weighted by Gasteiger charge is 2.26. The Balaban J connectivity index is 1.19. The maximum Gasteiger partial charge on any atom is 0.236 e. The SMILES string of the molecule is O=C(CN[C@H](c1ccccc1)c1cccs1)N1CCC(c2nc3ccccc3s2)CC1. The molecule has 1 aliphatic rings. The van der Waals surface area contributed by atoms with Crippen LogP contribution in [0.5, 0.6) is 0 Å². The second-order valence-electron chi connectivity index (χ2n) is 7.91. The molecule has 0 spiro atoms. The van der Waals surface area contributed by atoms with E-state index in [1.54, 1.807) is 22.7 Å². The summed E-state index contributed by atoms with van der Waals surface area (Å²) >= 11 is 3.52. The van der Waals surface area contributed by atoms with E-state index in [0.717, 1.165) is 31.4 Å². The summed E-state index contributed by atoms with van der Waals surface area (Å²) in [4.78, 5) is 21.0. The highest BCUT2D eigenvalue weighted by atomic mass is 32.1. The summed E-state index contributed by atoms with van der Waals surface area (Å²) in [6, 6.07) is 22.9.